The molecule has 0 aliphatic heterocycles. The van der Waals surface area contributed by atoms with Crippen LogP contribution in [0.5, 0.6) is 0 Å². The molecule has 2 unspecified atom stereocenters. The van der Waals surface area contributed by atoms with Crippen molar-refractivity contribution in [2.45, 2.75) is 40.2 Å². The van der Waals surface area contributed by atoms with Crippen molar-refractivity contribution in [3.63, 3.8) is 0 Å². The smallest absolute Gasteiger partial charge is 0.458 e. The van der Waals surface area contributed by atoms with Crippen LogP contribution in [0.25, 0.3) is 0 Å². The normalized spacial score (nSPS) is 19.2. The van der Waals surface area contributed by atoms with Crippen LogP contribution in [0, 0.1) is 0 Å². The molecule has 6 nitrogen and oxygen atoms in total. The van der Waals surface area contributed by atoms with Gasteiger partial charge in [-0.2, -0.15) is 57.1 Å². The summed E-state index contributed by atoms with van der Waals surface area (Å²) in [5, 5.41) is -19.2. The van der Waals surface area contributed by atoms with E-state index < -0.39 is 50.3 Å². The predicted octanol–water partition coefficient (Wildman–Crippen LogP) is 4.64. The van der Waals surface area contributed by atoms with E-state index in [1.54, 1.807) is 0 Å². The first kappa shape index (κ1) is 30.7. The van der Waals surface area contributed by atoms with Crippen LogP contribution < -0.4 is 6.15 Å². The Morgan fingerprint density at radius 1 is 0.690 bits per heavy atom. The highest BCUT2D eigenvalue weighted by atomic mass is 35.5. The highest BCUT2D eigenvalue weighted by Crippen LogP contribution is 2.55. The third-order valence-electron chi connectivity index (χ3n) is 2.25. The summed E-state index contributed by atoms with van der Waals surface area (Å²) in [6.07, 6.45) is -22.7. The highest BCUT2D eigenvalue weighted by molar-refractivity contribution is 7.86. The zero-order chi connectivity index (χ0) is 23.4. The van der Waals surface area contributed by atoms with Crippen LogP contribution >= 0.6 is 23.2 Å². The molecule has 0 aromatic carbocycles. The quantitative estimate of drug-likeness (QED) is 0.278. The van der Waals surface area contributed by atoms with E-state index in [1.165, 1.54) is 4.74 Å². The molecule has 22 heteroatoms. The summed E-state index contributed by atoms with van der Waals surface area (Å²) in [5.41, 5.74) is 0. The first-order valence-electron chi connectivity index (χ1n) is 5.36. The Morgan fingerprint density at radius 2 is 1.03 bits per heavy atom. The van der Waals surface area contributed by atoms with Crippen molar-refractivity contribution < 1.29 is 79.5 Å². The van der Waals surface area contributed by atoms with E-state index in [9.17, 15) is 70.0 Å². The summed E-state index contributed by atoms with van der Waals surface area (Å²) in [4.78, 5) is 0. The maximum Gasteiger partial charge on any atom is 0.458 e. The summed E-state index contributed by atoms with van der Waals surface area (Å²) in [5.74, 6) is -7.69. The van der Waals surface area contributed by atoms with Crippen LogP contribution in [-0.4, -0.2) is 53.2 Å². The van der Waals surface area contributed by atoms with Gasteiger partial charge in [-0.25, -0.2) is 8.42 Å². The minimum atomic E-state index is -7.70. The van der Waals surface area contributed by atoms with Gasteiger partial charge in [0.1, 0.15) is 0 Å². The van der Waals surface area contributed by atoms with Crippen LogP contribution in [0.15, 0.2) is 0 Å². The van der Waals surface area contributed by atoms with E-state index in [4.69, 9.17) is 0 Å². The first-order chi connectivity index (χ1) is 11.7. The van der Waals surface area contributed by atoms with Crippen LogP contribution in [-0.2, 0) is 19.6 Å². The maximum atomic E-state index is 13.6. The maximum absolute atomic E-state index is 13.6. The van der Waals surface area contributed by atoms with Gasteiger partial charge in [0.15, 0.2) is 10.1 Å². The number of alkyl halides is 15. The van der Waals surface area contributed by atoms with E-state index in [0.29, 0.717) is 0 Å². The molecule has 0 rings (SSSR count). The van der Waals surface area contributed by atoms with Crippen molar-refractivity contribution in [3.05, 3.63) is 0 Å². The van der Waals surface area contributed by atoms with Crippen molar-refractivity contribution in [2.75, 3.05) is 0 Å². The van der Waals surface area contributed by atoms with Gasteiger partial charge in [0, 0.05) is 0 Å². The molecule has 0 saturated carbocycles. The number of hydrogen-bond acceptors (Lipinski definition) is 5. The molecule has 0 spiro atoms. The lowest BCUT2D eigenvalue weighted by molar-refractivity contribution is -0.526. The third kappa shape index (κ3) is 5.58. The lowest BCUT2D eigenvalue weighted by Gasteiger charge is -2.39. The van der Waals surface area contributed by atoms with E-state index >= 15 is 0 Å². The molecule has 0 aliphatic carbocycles. The molecule has 0 amide bonds. The van der Waals surface area contributed by atoms with Gasteiger partial charge < -0.3 is 10.7 Å². The summed E-state index contributed by atoms with van der Waals surface area (Å²) >= 11 is 7.59. The number of halogens is 15. The van der Waals surface area contributed by atoms with Crippen LogP contribution in [0.3, 0.4) is 0 Å². The van der Waals surface area contributed by atoms with Crippen LogP contribution in [0.4, 0.5) is 57.1 Å². The average molecular weight is 532 g/mol. The standard InChI is InChI=1S/C7HCl2F13O5S.H3N/c8-2(11,12)3(9,13)27-5(17,18)1(10,4(14,15)16)26-6(19,20)7(21,22)28(23,24)25;/h(H,23,24,25);1H3. The molecular weight excluding hydrogens is 528 g/mol. The minimum absolute atomic E-state index is 0. The van der Waals surface area contributed by atoms with Crippen molar-refractivity contribution in [1.82, 2.24) is 6.15 Å². The van der Waals surface area contributed by atoms with Crippen LogP contribution in [0.2, 0.25) is 0 Å². The molecule has 0 fully saturated rings. The topological polar surface area (TPSA) is 112 Å². The largest absolute Gasteiger partial charge is 0.743 e. The van der Waals surface area contributed by atoms with Crippen molar-refractivity contribution in [2.24, 2.45) is 0 Å². The van der Waals surface area contributed by atoms with E-state index in [0.717, 1.165) is 0 Å². The van der Waals surface area contributed by atoms with Gasteiger partial charge in [-0.3, -0.25) is 9.47 Å². The SMILES string of the molecule is O=S(=O)([O-])C(F)(F)C(F)(F)OC(F)(C(F)(F)F)C(F)(F)OC(F)(Cl)C(F)(F)Cl.[NH4+]. The van der Waals surface area contributed by atoms with Crippen molar-refractivity contribution in [3.8, 4) is 0 Å². The van der Waals surface area contributed by atoms with Crippen molar-refractivity contribution in [1.29, 1.82) is 0 Å². The van der Waals surface area contributed by atoms with E-state index in [-0.39, 0.29) is 6.15 Å². The summed E-state index contributed by atoms with van der Waals surface area (Å²) in [6.45, 7) is 0. The molecule has 0 radical (unpaired) electrons. The second-order valence-corrected chi connectivity index (χ2v) is 6.70. The summed E-state index contributed by atoms with van der Waals surface area (Å²) < 4.78 is 200. The second kappa shape index (κ2) is 7.86. The van der Waals surface area contributed by atoms with Crippen LogP contribution in [0.1, 0.15) is 0 Å². The molecular formula is C7H4Cl2F13NO5S. The van der Waals surface area contributed by atoms with Gasteiger partial charge in [-0.15, -0.1) is 0 Å². The molecule has 0 saturated heterocycles. The molecule has 4 N–H and O–H groups in total. The molecule has 0 aliphatic rings. The summed E-state index contributed by atoms with van der Waals surface area (Å²) in [6, 6.07) is 0. The molecule has 178 valence electrons. The Bertz CT molecular complexity index is 693. The lowest BCUT2D eigenvalue weighted by atomic mass is 10.2. The third-order valence-corrected chi connectivity index (χ3v) is 3.77. The molecule has 2 atom stereocenters. The highest BCUT2D eigenvalue weighted by Gasteiger charge is 2.82. The van der Waals surface area contributed by atoms with Gasteiger partial charge >= 0.3 is 40.2 Å². The molecule has 0 aromatic rings. The zero-order valence-electron chi connectivity index (χ0n) is 12.6. The first-order valence-corrected chi connectivity index (χ1v) is 7.52. The molecule has 0 aromatic heterocycles. The van der Waals surface area contributed by atoms with Gasteiger partial charge in [0.25, 0.3) is 0 Å². The average Bonchev–Trinajstić information content (AvgIpc) is 2.31. The van der Waals surface area contributed by atoms with Gasteiger partial charge in [-0.05, 0) is 23.2 Å². The number of rotatable bonds is 8. The number of quaternary nitrogens is 1. The fraction of sp³-hybridized carbons (Fsp3) is 1.00. The van der Waals surface area contributed by atoms with Gasteiger partial charge in [-0.1, -0.05) is 0 Å². The predicted molar refractivity (Wildman–Crippen MR) is 63.1 cm³/mol. The molecule has 29 heavy (non-hydrogen) atoms. The Hall–Kier alpha value is -0.540. The molecule has 0 bridgehead atoms. The lowest BCUT2D eigenvalue weighted by Crippen LogP contribution is -2.65. The Balaban J connectivity index is 0. The Morgan fingerprint density at radius 3 is 1.28 bits per heavy atom. The van der Waals surface area contributed by atoms with Crippen molar-refractivity contribution >= 4 is 33.3 Å². The molecule has 0 heterocycles. The fourth-order valence-electron chi connectivity index (χ4n) is 0.948. The van der Waals surface area contributed by atoms with Gasteiger partial charge in [0.05, 0.1) is 0 Å². The number of hydrogen-bond donors (Lipinski definition) is 1. The monoisotopic (exact) mass is 531 g/mol. The van der Waals surface area contributed by atoms with E-state index in [2.05, 4.69) is 23.2 Å². The van der Waals surface area contributed by atoms with E-state index in [1.807, 2.05) is 4.74 Å². The fourth-order valence-corrected chi connectivity index (χ4v) is 1.42. The zero-order valence-corrected chi connectivity index (χ0v) is 14.9. The van der Waals surface area contributed by atoms with Gasteiger partial charge in [0.2, 0.25) is 0 Å². The number of ether oxygens (including phenoxy) is 2. The summed E-state index contributed by atoms with van der Waals surface area (Å²) in [7, 11) is -7.70. The Labute approximate surface area is 160 Å². The second-order valence-electron chi connectivity index (χ2n) is 4.32. The Kier molecular flexibility index (Phi) is 8.31. The minimum Gasteiger partial charge on any atom is -0.743 e.